The Hall–Kier alpha value is -1.99. The van der Waals surface area contributed by atoms with E-state index >= 15 is 0 Å². The Labute approximate surface area is 138 Å². The monoisotopic (exact) mass is 338 g/mol. The molecule has 1 N–H and O–H groups in total. The van der Waals surface area contributed by atoms with Crippen LogP contribution in [0.5, 0.6) is 0 Å². The maximum absolute atomic E-state index is 13.7. The molecule has 0 radical (unpaired) electrons. The molecule has 2 amide bonds. The second-order valence-corrected chi connectivity index (χ2v) is 6.20. The maximum atomic E-state index is 13.7. The van der Waals surface area contributed by atoms with Crippen LogP contribution in [-0.2, 0) is 9.53 Å². The summed E-state index contributed by atoms with van der Waals surface area (Å²) in [5.41, 5.74) is 0. The number of fused-ring (bicyclic) bond motifs is 1. The average Bonchev–Trinajstić information content (AvgIpc) is 2.96. The van der Waals surface area contributed by atoms with Crippen LogP contribution in [0.1, 0.15) is 16.1 Å². The SMILES string of the molecule is COCCCNC(=O)CN(C)C(=O)c1cc2c(F)cccc2s1. The minimum atomic E-state index is -0.351. The van der Waals surface area contributed by atoms with Gasteiger partial charge in [-0.15, -0.1) is 11.3 Å². The van der Waals surface area contributed by atoms with Gasteiger partial charge in [-0.05, 0) is 24.6 Å². The normalized spacial score (nSPS) is 10.7. The molecule has 2 aromatic rings. The second-order valence-electron chi connectivity index (χ2n) is 5.12. The van der Waals surface area contributed by atoms with E-state index in [2.05, 4.69) is 5.32 Å². The molecule has 0 spiro atoms. The summed E-state index contributed by atoms with van der Waals surface area (Å²) in [6.45, 7) is 1.04. The van der Waals surface area contributed by atoms with Gasteiger partial charge in [0, 0.05) is 37.4 Å². The summed E-state index contributed by atoms with van der Waals surface area (Å²) in [5.74, 6) is -0.877. The molecule has 0 atom stereocenters. The number of amides is 2. The van der Waals surface area contributed by atoms with Crippen LogP contribution in [0.2, 0.25) is 0 Å². The molecule has 0 saturated carbocycles. The number of methoxy groups -OCH3 is 1. The topological polar surface area (TPSA) is 58.6 Å². The van der Waals surface area contributed by atoms with Crippen LogP contribution in [-0.4, -0.2) is 50.6 Å². The van der Waals surface area contributed by atoms with Crippen molar-refractivity contribution < 1.29 is 18.7 Å². The summed E-state index contributed by atoms with van der Waals surface area (Å²) in [5, 5.41) is 3.15. The Morgan fingerprint density at radius 3 is 2.87 bits per heavy atom. The third kappa shape index (κ3) is 4.49. The van der Waals surface area contributed by atoms with Crippen molar-refractivity contribution in [2.24, 2.45) is 0 Å². The first-order valence-electron chi connectivity index (χ1n) is 7.22. The summed E-state index contributed by atoms with van der Waals surface area (Å²) in [6, 6.07) is 6.27. The van der Waals surface area contributed by atoms with Crippen molar-refractivity contribution in [1.29, 1.82) is 0 Å². The smallest absolute Gasteiger partial charge is 0.264 e. The number of thiophene rings is 1. The zero-order chi connectivity index (χ0) is 16.8. The number of nitrogens with one attached hydrogen (secondary N) is 1. The van der Waals surface area contributed by atoms with Crippen LogP contribution in [0, 0.1) is 5.82 Å². The lowest BCUT2D eigenvalue weighted by molar-refractivity contribution is -0.121. The van der Waals surface area contributed by atoms with E-state index in [1.807, 2.05) is 0 Å². The summed E-state index contributed by atoms with van der Waals surface area (Å²) in [4.78, 5) is 25.9. The van der Waals surface area contributed by atoms with Crippen LogP contribution in [0.4, 0.5) is 4.39 Å². The minimum absolute atomic E-state index is 0.0391. The Bertz CT molecular complexity index is 702. The molecule has 0 aliphatic carbocycles. The highest BCUT2D eigenvalue weighted by molar-refractivity contribution is 7.20. The van der Waals surface area contributed by atoms with Crippen molar-refractivity contribution in [2.75, 3.05) is 33.9 Å². The van der Waals surface area contributed by atoms with Gasteiger partial charge in [0.05, 0.1) is 11.4 Å². The van der Waals surface area contributed by atoms with Crippen molar-refractivity contribution in [3.63, 3.8) is 0 Å². The number of rotatable bonds is 7. The average molecular weight is 338 g/mol. The molecule has 7 heteroatoms. The highest BCUT2D eigenvalue weighted by Crippen LogP contribution is 2.28. The van der Waals surface area contributed by atoms with Gasteiger partial charge in [-0.3, -0.25) is 9.59 Å². The fourth-order valence-electron chi connectivity index (χ4n) is 2.11. The van der Waals surface area contributed by atoms with Gasteiger partial charge in [0.15, 0.2) is 0 Å². The lowest BCUT2D eigenvalue weighted by Gasteiger charge is -2.15. The van der Waals surface area contributed by atoms with Crippen LogP contribution in [0.15, 0.2) is 24.3 Å². The quantitative estimate of drug-likeness (QED) is 0.788. The molecule has 1 heterocycles. The number of carbonyl (C=O) groups is 2. The van der Waals surface area contributed by atoms with Gasteiger partial charge in [-0.25, -0.2) is 4.39 Å². The van der Waals surface area contributed by atoms with Gasteiger partial charge in [-0.1, -0.05) is 6.07 Å². The first-order chi connectivity index (χ1) is 11.0. The fraction of sp³-hybridized carbons (Fsp3) is 0.375. The van der Waals surface area contributed by atoms with E-state index in [1.54, 1.807) is 26.3 Å². The number of benzene rings is 1. The van der Waals surface area contributed by atoms with E-state index in [0.717, 1.165) is 6.42 Å². The number of nitrogens with zero attached hydrogens (tertiary/aromatic N) is 1. The van der Waals surface area contributed by atoms with Crippen molar-refractivity contribution in [2.45, 2.75) is 6.42 Å². The molecule has 23 heavy (non-hydrogen) atoms. The molecular formula is C16H19FN2O3S. The Kier molecular flexibility index (Phi) is 6.06. The lowest BCUT2D eigenvalue weighted by atomic mass is 10.2. The largest absolute Gasteiger partial charge is 0.385 e. The van der Waals surface area contributed by atoms with E-state index in [-0.39, 0.29) is 24.2 Å². The number of hydrogen-bond donors (Lipinski definition) is 1. The summed E-state index contributed by atoms with van der Waals surface area (Å²) in [6.07, 6.45) is 0.718. The van der Waals surface area contributed by atoms with Gasteiger partial charge in [0.25, 0.3) is 5.91 Å². The zero-order valence-corrected chi connectivity index (χ0v) is 13.9. The van der Waals surface area contributed by atoms with Crippen molar-refractivity contribution in [3.05, 3.63) is 35.0 Å². The van der Waals surface area contributed by atoms with Crippen molar-refractivity contribution in [1.82, 2.24) is 10.2 Å². The van der Waals surface area contributed by atoms with Crippen LogP contribution in [0.3, 0.4) is 0 Å². The highest BCUT2D eigenvalue weighted by Gasteiger charge is 2.18. The molecule has 0 aliphatic heterocycles. The molecule has 5 nitrogen and oxygen atoms in total. The van der Waals surface area contributed by atoms with Crippen molar-refractivity contribution in [3.8, 4) is 0 Å². The molecule has 1 aromatic carbocycles. The van der Waals surface area contributed by atoms with Gasteiger partial charge in [0.2, 0.25) is 5.91 Å². The minimum Gasteiger partial charge on any atom is -0.385 e. The zero-order valence-electron chi connectivity index (χ0n) is 13.1. The van der Waals surface area contributed by atoms with E-state index in [0.29, 0.717) is 28.1 Å². The molecule has 1 aromatic heterocycles. The van der Waals surface area contributed by atoms with E-state index < -0.39 is 0 Å². The van der Waals surface area contributed by atoms with E-state index in [4.69, 9.17) is 4.74 Å². The number of carbonyl (C=O) groups excluding carboxylic acids is 2. The maximum Gasteiger partial charge on any atom is 0.264 e. The Balaban J connectivity index is 1.95. The number of likely N-dealkylation sites (N-methyl/N-ethyl adjacent to an activating group) is 1. The molecule has 0 fully saturated rings. The number of halogens is 1. The van der Waals surface area contributed by atoms with Crippen molar-refractivity contribution >= 4 is 33.2 Å². The third-order valence-corrected chi connectivity index (χ3v) is 4.38. The third-order valence-electron chi connectivity index (χ3n) is 3.29. The molecule has 124 valence electrons. The summed E-state index contributed by atoms with van der Waals surface area (Å²) < 4.78 is 19.3. The van der Waals surface area contributed by atoms with Crippen LogP contribution in [0.25, 0.3) is 10.1 Å². The summed E-state index contributed by atoms with van der Waals surface area (Å²) in [7, 11) is 3.15. The van der Waals surface area contributed by atoms with Gasteiger partial charge < -0.3 is 15.0 Å². The van der Waals surface area contributed by atoms with E-state index in [1.165, 1.54) is 28.4 Å². The molecule has 0 aliphatic rings. The number of ether oxygens (including phenoxy) is 1. The molecule has 2 rings (SSSR count). The van der Waals surface area contributed by atoms with E-state index in [9.17, 15) is 14.0 Å². The molecule has 0 unspecified atom stereocenters. The molecular weight excluding hydrogens is 319 g/mol. The highest BCUT2D eigenvalue weighted by atomic mass is 32.1. The predicted octanol–water partition coefficient (Wildman–Crippen LogP) is 2.27. The predicted molar refractivity (Wildman–Crippen MR) is 88.2 cm³/mol. The molecule has 0 saturated heterocycles. The molecule has 0 bridgehead atoms. The van der Waals surface area contributed by atoms with Gasteiger partial charge in [0.1, 0.15) is 5.82 Å². The second kappa shape index (κ2) is 8.03. The van der Waals surface area contributed by atoms with Gasteiger partial charge in [-0.2, -0.15) is 0 Å². The Morgan fingerprint density at radius 2 is 2.17 bits per heavy atom. The fourth-order valence-corrected chi connectivity index (χ4v) is 3.18. The number of hydrogen-bond acceptors (Lipinski definition) is 4. The standard InChI is InChI=1S/C16H19FN2O3S/c1-19(10-15(20)18-7-4-8-22-2)16(21)14-9-11-12(17)5-3-6-13(11)23-14/h3,5-6,9H,4,7-8,10H2,1-2H3,(H,18,20). The summed E-state index contributed by atoms with van der Waals surface area (Å²) >= 11 is 1.22. The van der Waals surface area contributed by atoms with Crippen LogP contribution >= 0.6 is 11.3 Å². The lowest BCUT2D eigenvalue weighted by Crippen LogP contribution is -2.38. The first kappa shape index (κ1) is 17.4. The van der Waals surface area contributed by atoms with Crippen LogP contribution < -0.4 is 5.32 Å². The first-order valence-corrected chi connectivity index (χ1v) is 8.03. The Morgan fingerprint density at radius 1 is 1.39 bits per heavy atom. The van der Waals surface area contributed by atoms with Gasteiger partial charge >= 0.3 is 0 Å².